The third-order valence-corrected chi connectivity index (χ3v) is 2.78. The van der Waals surface area contributed by atoms with Gasteiger partial charge in [-0.05, 0) is 17.7 Å². The van der Waals surface area contributed by atoms with Crippen LogP contribution < -0.4 is 4.74 Å². The van der Waals surface area contributed by atoms with Crippen LogP contribution in [-0.2, 0) is 18.3 Å². The summed E-state index contributed by atoms with van der Waals surface area (Å²) in [6, 6.07) is 7.46. The van der Waals surface area contributed by atoms with Crippen molar-refractivity contribution < 1.29 is 14.6 Å². The van der Waals surface area contributed by atoms with E-state index in [1.165, 1.54) is 0 Å². The molecule has 0 aliphatic rings. The monoisotopic (exact) mass is 246 g/mol. The minimum Gasteiger partial charge on any atom is -0.497 e. The maximum absolute atomic E-state index is 10.8. The first-order valence-corrected chi connectivity index (χ1v) is 5.49. The zero-order chi connectivity index (χ0) is 13.1. The van der Waals surface area contributed by atoms with Gasteiger partial charge in [0, 0.05) is 12.6 Å². The number of rotatable bonds is 4. The van der Waals surface area contributed by atoms with E-state index >= 15 is 0 Å². The van der Waals surface area contributed by atoms with Gasteiger partial charge in [0.15, 0.2) is 0 Å². The highest BCUT2D eigenvalue weighted by molar-refractivity contribution is 5.75. The molecule has 0 bridgehead atoms. The average Bonchev–Trinajstić information content (AvgIpc) is 2.71. The van der Waals surface area contributed by atoms with E-state index in [1.807, 2.05) is 24.3 Å². The van der Waals surface area contributed by atoms with Gasteiger partial charge in [0.1, 0.15) is 5.75 Å². The zero-order valence-electron chi connectivity index (χ0n) is 10.3. The fraction of sp³-hybridized carbons (Fsp3) is 0.231. The molecule has 0 saturated carbocycles. The molecule has 1 N–H and O–H groups in total. The van der Waals surface area contributed by atoms with Crippen LogP contribution in [0.4, 0.5) is 0 Å². The van der Waals surface area contributed by atoms with Gasteiger partial charge in [-0.3, -0.25) is 9.48 Å². The normalized spacial score (nSPS) is 10.3. The summed E-state index contributed by atoms with van der Waals surface area (Å²) in [6.07, 6.45) is 1.64. The van der Waals surface area contributed by atoms with Gasteiger partial charge in [-0.15, -0.1) is 0 Å². The molecule has 0 unspecified atom stereocenters. The molecule has 0 aliphatic heterocycles. The highest BCUT2D eigenvalue weighted by Crippen LogP contribution is 2.25. The summed E-state index contributed by atoms with van der Waals surface area (Å²) in [6.45, 7) is 0. The molecule has 2 rings (SSSR count). The van der Waals surface area contributed by atoms with Crippen molar-refractivity contribution in [2.24, 2.45) is 7.05 Å². The molecule has 0 spiro atoms. The summed E-state index contributed by atoms with van der Waals surface area (Å²) >= 11 is 0. The van der Waals surface area contributed by atoms with Crippen molar-refractivity contribution in [1.29, 1.82) is 0 Å². The maximum atomic E-state index is 10.8. The molecule has 1 heterocycles. The van der Waals surface area contributed by atoms with Crippen LogP contribution in [0.2, 0.25) is 0 Å². The number of carboxylic acid groups (broad SMARTS) is 1. The van der Waals surface area contributed by atoms with Crippen molar-refractivity contribution in [2.45, 2.75) is 6.42 Å². The lowest BCUT2D eigenvalue weighted by atomic mass is 10.0. The van der Waals surface area contributed by atoms with Crippen LogP contribution in [0.25, 0.3) is 11.1 Å². The Morgan fingerprint density at radius 2 is 2.06 bits per heavy atom. The Kier molecular flexibility index (Phi) is 3.32. The Hall–Kier alpha value is -2.30. The van der Waals surface area contributed by atoms with Gasteiger partial charge in [0.25, 0.3) is 0 Å². The third-order valence-electron chi connectivity index (χ3n) is 2.78. The van der Waals surface area contributed by atoms with E-state index in [9.17, 15) is 4.79 Å². The molecule has 1 aromatic carbocycles. The van der Waals surface area contributed by atoms with Gasteiger partial charge >= 0.3 is 5.97 Å². The lowest BCUT2D eigenvalue weighted by Gasteiger charge is -2.05. The van der Waals surface area contributed by atoms with Crippen LogP contribution in [0.1, 0.15) is 5.69 Å². The van der Waals surface area contributed by atoms with E-state index in [0.717, 1.165) is 16.9 Å². The fourth-order valence-corrected chi connectivity index (χ4v) is 1.83. The first kappa shape index (κ1) is 12.2. The second-order valence-electron chi connectivity index (χ2n) is 3.93. The van der Waals surface area contributed by atoms with E-state index in [2.05, 4.69) is 5.10 Å². The van der Waals surface area contributed by atoms with E-state index in [1.54, 1.807) is 25.0 Å². The summed E-state index contributed by atoms with van der Waals surface area (Å²) in [7, 11) is 3.35. The molecule has 0 radical (unpaired) electrons. The number of hydrogen-bond donors (Lipinski definition) is 1. The summed E-state index contributed by atoms with van der Waals surface area (Å²) in [5, 5.41) is 13.0. The molecule has 5 nitrogen and oxygen atoms in total. The number of ether oxygens (including phenoxy) is 1. The summed E-state index contributed by atoms with van der Waals surface area (Å²) < 4.78 is 6.68. The van der Waals surface area contributed by atoms with Gasteiger partial charge in [0.2, 0.25) is 0 Å². The minimum atomic E-state index is -0.867. The maximum Gasteiger partial charge on any atom is 0.309 e. The van der Waals surface area contributed by atoms with E-state index in [4.69, 9.17) is 9.84 Å². The lowest BCUT2D eigenvalue weighted by molar-refractivity contribution is -0.136. The fourth-order valence-electron chi connectivity index (χ4n) is 1.83. The van der Waals surface area contributed by atoms with Crippen LogP contribution in [0.3, 0.4) is 0 Å². The van der Waals surface area contributed by atoms with Crippen LogP contribution in [-0.4, -0.2) is 28.0 Å². The van der Waals surface area contributed by atoms with Crippen LogP contribution >= 0.6 is 0 Å². The van der Waals surface area contributed by atoms with Gasteiger partial charge in [-0.2, -0.15) is 5.10 Å². The summed E-state index contributed by atoms with van der Waals surface area (Å²) in [5.41, 5.74) is 2.45. The zero-order valence-corrected chi connectivity index (χ0v) is 10.3. The largest absolute Gasteiger partial charge is 0.497 e. The number of nitrogens with zero attached hydrogens (tertiary/aromatic N) is 2. The van der Waals surface area contributed by atoms with Gasteiger partial charge < -0.3 is 9.84 Å². The van der Waals surface area contributed by atoms with Crippen molar-refractivity contribution >= 4 is 5.97 Å². The van der Waals surface area contributed by atoms with E-state index in [-0.39, 0.29) is 6.42 Å². The number of methoxy groups -OCH3 is 1. The second-order valence-corrected chi connectivity index (χ2v) is 3.93. The number of carbonyl (C=O) groups is 1. The number of aromatic nitrogens is 2. The average molecular weight is 246 g/mol. The highest BCUT2D eigenvalue weighted by atomic mass is 16.5. The Morgan fingerprint density at radius 1 is 1.39 bits per heavy atom. The van der Waals surface area contributed by atoms with Gasteiger partial charge in [-0.25, -0.2) is 0 Å². The molecule has 0 fully saturated rings. The molecule has 18 heavy (non-hydrogen) atoms. The molecule has 0 saturated heterocycles. The number of aliphatic carboxylic acids is 1. The molecule has 0 aliphatic carbocycles. The molecular formula is C13H14N2O3. The second kappa shape index (κ2) is 4.91. The van der Waals surface area contributed by atoms with E-state index < -0.39 is 5.97 Å². The smallest absolute Gasteiger partial charge is 0.309 e. The molecule has 94 valence electrons. The number of carboxylic acids is 1. The SMILES string of the molecule is COc1ccc(-c2cnn(C)c2CC(=O)O)cc1. The topological polar surface area (TPSA) is 64.4 Å². The standard InChI is InChI=1S/C13H14N2O3/c1-15-12(7-13(16)17)11(8-14-15)9-3-5-10(18-2)6-4-9/h3-6,8H,7H2,1-2H3,(H,16,17). The van der Waals surface area contributed by atoms with Gasteiger partial charge in [0.05, 0.1) is 25.4 Å². The number of benzene rings is 1. The first-order valence-electron chi connectivity index (χ1n) is 5.49. The van der Waals surface area contributed by atoms with Crippen molar-refractivity contribution in [2.75, 3.05) is 7.11 Å². The van der Waals surface area contributed by atoms with Crippen LogP contribution in [0.5, 0.6) is 5.75 Å². The van der Waals surface area contributed by atoms with Gasteiger partial charge in [-0.1, -0.05) is 12.1 Å². The quantitative estimate of drug-likeness (QED) is 0.892. The number of aryl methyl sites for hydroxylation is 1. The first-order chi connectivity index (χ1) is 8.61. The van der Waals surface area contributed by atoms with E-state index in [0.29, 0.717) is 5.69 Å². The lowest BCUT2D eigenvalue weighted by Crippen LogP contribution is -2.07. The van der Waals surface area contributed by atoms with Crippen LogP contribution in [0.15, 0.2) is 30.5 Å². The highest BCUT2D eigenvalue weighted by Gasteiger charge is 2.13. The minimum absolute atomic E-state index is 0.0438. The van der Waals surface area contributed by atoms with Crippen molar-refractivity contribution in [1.82, 2.24) is 9.78 Å². The molecule has 0 atom stereocenters. The van der Waals surface area contributed by atoms with Crippen molar-refractivity contribution in [3.8, 4) is 16.9 Å². The Morgan fingerprint density at radius 3 is 2.61 bits per heavy atom. The Balaban J connectivity index is 2.40. The van der Waals surface area contributed by atoms with Crippen LogP contribution in [0, 0.1) is 0 Å². The Labute approximate surface area is 105 Å². The molecule has 5 heteroatoms. The molecular weight excluding hydrogens is 232 g/mol. The third kappa shape index (κ3) is 2.34. The molecule has 1 aromatic heterocycles. The predicted molar refractivity (Wildman–Crippen MR) is 66.5 cm³/mol. The van der Waals surface area contributed by atoms with Crippen molar-refractivity contribution in [3.05, 3.63) is 36.2 Å². The number of hydrogen-bond acceptors (Lipinski definition) is 3. The molecule has 2 aromatic rings. The predicted octanol–water partition coefficient (Wildman–Crippen LogP) is 1.72. The summed E-state index contributed by atoms with van der Waals surface area (Å²) in [4.78, 5) is 10.8. The summed E-state index contributed by atoms with van der Waals surface area (Å²) in [5.74, 6) is -0.101. The van der Waals surface area contributed by atoms with Crippen molar-refractivity contribution in [3.63, 3.8) is 0 Å². The Bertz CT molecular complexity index is 558. The molecule has 0 amide bonds.